The van der Waals surface area contributed by atoms with Crippen molar-refractivity contribution in [3.8, 4) is 6.07 Å². The molecule has 0 radical (unpaired) electrons. The second-order valence-electron chi connectivity index (χ2n) is 5.16. The lowest BCUT2D eigenvalue weighted by molar-refractivity contribution is 0.209. The van der Waals surface area contributed by atoms with Gasteiger partial charge in [0.25, 0.3) is 0 Å². The Balaban J connectivity index is 2.51. The molecule has 1 saturated carbocycles. The van der Waals surface area contributed by atoms with Gasteiger partial charge in [0.1, 0.15) is 0 Å². The van der Waals surface area contributed by atoms with Crippen LogP contribution in [0.1, 0.15) is 46.0 Å². The van der Waals surface area contributed by atoms with E-state index in [1.807, 2.05) is 0 Å². The van der Waals surface area contributed by atoms with Crippen LogP contribution in [0.4, 0.5) is 0 Å². The average molecular weight is 224 g/mol. The minimum absolute atomic E-state index is 0.161. The van der Waals surface area contributed by atoms with Crippen LogP contribution in [0.15, 0.2) is 0 Å². The molecule has 1 rings (SSSR count). The van der Waals surface area contributed by atoms with Crippen LogP contribution in [-0.2, 0) is 0 Å². The minimum Gasteiger partial charge on any atom is -0.396 e. The fourth-order valence-corrected chi connectivity index (χ4v) is 2.51. The van der Waals surface area contributed by atoms with E-state index < -0.39 is 0 Å². The van der Waals surface area contributed by atoms with E-state index in [9.17, 15) is 0 Å². The monoisotopic (exact) mass is 224 g/mol. The smallest absolute Gasteiger partial charge is 0.0672 e. The minimum atomic E-state index is 0.161. The summed E-state index contributed by atoms with van der Waals surface area (Å²) in [7, 11) is 0. The summed E-state index contributed by atoms with van der Waals surface area (Å²) in [4.78, 5) is 0. The predicted octanol–water partition coefficient (Wildman–Crippen LogP) is 2.07. The van der Waals surface area contributed by atoms with E-state index in [0.29, 0.717) is 18.0 Å². The summed E-state index contributed by atoms with van der Waals surface area (Å²) in [6.45, 7) is 4.55. The van der Waals surface area contributed by atoms with Crippen molar-refractivity contribution in [2.75, 3.05) is 6.61 Å². The molecule has 0 aliphatic heterocycles. The normalized spacial score (nSPS) is 27.7. The topological polar surface area (TPSA) is 56.0 Å². The van der Waals surface area contributed by atoms with Gasteiger partial charge in [0, 0.05) is 18.7 Å². The van der Waals surface area contributed by atoms with Gasteiger partial charge in [-0.05, 0) is 25.2 Å². The van der Waals surface area contributed by atoms with Gasteiger partial charge in [-0.25, -0.2) is 0 Å². The standard InChI is InChI=1S/C13H24N2O/c1-10(2)12(7-8-16)15-13-6-4-3-5-11(13)9-14/h10-13,15-16H,3-8H2,1-2H3. The highest BCUT2D eigenvalue weighted by atomic mass is 16.3. The molecular weight excluding hydrogens is 200 g/mol. The van der Waals surface area contributed by atoms with Crippen molar-refractivity contribution in [3.05, 3.63) is 0 Å². The van der Waals surface area contributed by atoms with Crippen LogP contribution in [0.25, 0.3) is 0 Å². The summed E-state index contributed by atoms with van der Waals surface area (Å²) in [5.41, 5.74) is 0. The van der Waals surface area contributed by atoms with E-state index in [1.54, 1.807) is 0 Å². The first-order valence-electron chi connectivity index (χ1n) is 6.45. The van der Waals surface area contributed by atoms with Gasteiger partial charge in [0.05, 0.1) is 12.0 Å². The molecule has 3 unspecified atom stereocenters. The molecular formula is C13H24N2O. The highest BCUT2D eigenvalue weighted by Gasteiger charge is 2.27. The Morgan fingerprint density at radius 1 is 1.38 bits per heavy atom. The highest BCUT2D eigenvalue weighted by molar-refractivity contribution is 4.95. The summed E-state index contributed by atoms with van der Waals surface area (Å²) in [5, 5.41) is 21.7. The lowest BCUT2D eigenvalue weighted by atomic mass is 9.84. The van der Waals surface area contributed by atoms with Gasteiger partial charge in [-0.1, -0.05) is 26.7 Å². The first-order valence-corrected chi connectivity index (χ1v) is 6.45. The van der Waals surface area contributed by atoms with Gasteiger partial charge in [0.2, 0.25) is 0 Å². The first kappa shape index (κ1) is 13.5. The number of rotatable bonds is 5. The van der Waals surface area contributed by atoms with Gasteiger partial charge in [-0.3, -0.25) is 0 Å². The molecule has 92 valence electrons. The Morgan fingerprint density at radius 3 is 2.62 bits per heavy atom. The van der Waals surface area contributed by atoms with Gasteiger partial charge in [0.15, 0.2) is 0 Å². The van der Waals surface area contributed by atoms with Crippen LogP contribution in [0, 0.1) is 23.2 Å². The molecule has 2 N–H and O–H groups in total. The van der Waals surface area contributed by atoms with E-state index >= 15 is 0 Å². The van der Waals surface area contributed by atoms with Crippen molar-refractivity contribution in [1.29, 1.82) is 5.26 Å². The van der Waals surface area contributed by atoms with Crippen molar-refractivity contribution >= 4 is 0 Å². The van der Waals surface area contributed by atoms with Crippen molar-refractivity contribution in [2.24, 2.45) is 11.8 Å². The first-order chi connectivity index (χ1) is 7.69. The molecule has 0 spiro atoms. The number of hydrogen-bond acceptors (Lipinski definition) is 3. The van der Waals surface area contributed by atoms with Gasteiger partial charge >= 0.3 is 0 Å². The summed E-state index contributed by atoms with van der Waals surface area (Å²) in [6, 6.07) is 3.08. The van der Waals surface area contributed by atoms with Crippen LogP contribution >= 0.6 is 0 Å². The fourth-order valence-electron chi connectivity index (χ4n) is 2.51. The third-order valence-electron chi connectivity index (χ3n) is 3.60. The molecule has 0 aromatic carbocycles. The van der Waals surface area contributed by atoms with Crippen molar-refractivity contribution in [2.45, 2.75) is 58.0 Å². The summed E-state index contributed by atoms with van der Waals surface area (Å²) in [5.74, 6) is 0.669. The maximum Gasteiger partial charge on any atom is 0.0672 e. The molecule has 0 bridgehead atoms. The summed E-state index contributed by atoms with van der Waals surface area (Å²) >= 11 is 0. The molecule has 3 nitrogen and oxygen atoms in total. The third-order valence-corrected chi connectivity index (χ3v) is 3.60. The largest absolute Gasteiger partial charge is 0.396 e. The summed E-state index contributed by atoms with van der Waals surface area (Å²) in [6.07, 6.45) is 5.32. The lowest BCUT2D eigenvalue weighted by Gasteiger charge is -2.33. The predicted molar refractivity (Wildman–Crippen MR) is 64.8 cm³/mol. The van der Waals surface area contributed by atoms with E-state index in [1.165, 1.54) is 12.8 Å². The van der Waals surface area contributed by atoms with Gasteiger partial charge in [-0.15, -0.1) is 0 Å². The number of nitriles is 1. The molecule has 0 amide bonds. The highest BCUT2D eigenvalue weighted by Crippen LogP contribution is 2.25. The molecule has 1 fully saturated rings. The second-order valence-corrected chi connectivity index (χ2v) is 5.16. The van der Waals surface area contributed by atoms with E-state index in [-0.39, 0.29) is 12.5 Å². The molecule has 3 heteroatoms. The number of aliphatic hydroxyl groups is 1. The Kier molecular flexibility index (Phi) is 5.79. The van der Waals surface area contributed by atoms with E-state index in [0.717, 1.165) is 19.3 Å². The van der Waals surface area contributed by atoms with Crippen LogP contribution in [0.2, 0.25) is 0 Å². The molecule has 0 heterocycles. The van der Waals surface area contributed by atoms with E-state index in [4.69, 9.17) is 10.4 Å². The maximum atomic E-state index is 9.10. The van der Waals surface area contributed by atoms with E-state index in [2.05, 4.69) is 25.2 Å². The third kappa shape index (κ3) is 3.77. The number of aliphatic hydroxyl groups excluding tert-OH is 1. The Morgan fingerprint density at radius 2 is 2.06 bits per heavy atom. The fraction of sp³-hybridized carbons (Fsp3) is 0.923. The molecule has 1 aliphatic rings. The molecule has 16 heavy (non-hydrogen) atoms. The van der Waals surface area contributed by atoms with Gasteiger partial charge in [-0.2, -0.15) is 5.26 Å². The molecule has 0 aromatic heterocycles. The lowest BCUT2D eigenvalue weighted by Crippen LogP contribution is -2.46. The molecule has 1 aliphatic carbocycles. The zero-order valence-corrected chi connectivity index (χ0v) is 10.4. The zero-order chi connectivity index (χ0) is 12.0. The Labute approximate surface area is 98.8 Å². The van der Waals surface area contributed by atoms with Crippen molar-refractivity contribution < 1.29 is 5.11 Å². The zero-order valence-electron chi connectivity index (χ0n) is 10.4. The van der Waals surface area contributed by atoms with Gasteiger partial charge < -0.3 is 10.4 Å². The van der Waals surface area contributed by atoms with Crippen molar-refractivity contribution in [1.82, 2.24) is 5.32 Å². The van der Waals surface area contributed by atoms with Crippen molar-refractivity contribution in [3.63, 3.8) is 0 Å². The Bertz CT molecular complexity index is 235. The molecule has 0 saturated heterocycles. The van der Waals surface area contributed by atoms with Crippen LogP contribution in [0.5, 0.6) is 0 Å². The molecule has 3 atom stereocenters. The van der Waals surface area contributed by atoms with Crippen LogP contribution < -0.4 is 5.32 Å². The quantitative estimate of drug-likeness (QED) is 0.751. The Hall–Kier alpha value is -0.590. The number of nitrogens with zero attached hydrogens (tertiary/aromatic N) is 1. The SMILES string of the molecule is CC(C)C(CCO)NC1CCCCC1C#N. The summed E-state index contributed by atoms with van der Waals surface area (Å²) < 4.78 is 0. The number of nitrogens with one attached hydrogen (secondary N) is 1. The van der Waals surface area contributed by atoms with Crippen LogP contribution in [-0.4, -0.2) is 23.8 Å². The number of hydrogen-bond donors (Lipinski definition) is 2. The second kappa shape index (κ2) is 6.88. The average Bonchev–Trinajstić information content (AvgIpc) is 2.29. The maximum absolute atomic E-state index is 9.10. The van der Waals surface area contributed by atoms with Crippen LogP contribution in [0.3, 0.4) is 0 Å². The molecule has 0 aromatic rings.